The van der Waals surface area contributed by atoms with Crippen LogP contribution >= 0.6 is 23.2 Å². The van der Waals surface area contributed by atoms with Gasteiger partial charge in [-0.25, -0.2) is 18.7 Å². The summed E-state index contributed by atoms with van der Waals surface area (Å²) < 4.78 is 29.7. The van der Waals surface area contributed by atoms with E-state index in [4.69, 9.17) is 23.2 Å². The number of nitrogens with zero attached hydrogens (tertiary/aromatic N) is 3. The smallest absolute Gasteiger partial charge is 0.246 e. The molecule has 9 heteroatoms. The lowest BCUT2D eigenvalue weighted by molar-refractivity contribution is -0.140. The molecule has 1 saturated heterocycles. The molecule has 1 N–H and O–H groups in total. The number of fused-ring (bicyclic) bond motifs is 1. The van der Waals surface area contributed by atoms with Gasteiger partial charge < -0.3 is 10.2 Å². The highest BCUT2D eigenvalue weighted by Gasteiger charge is 2.46. The van der Waals surface area contributed by atoms with Crippen molar-refractivity contribution in [1.82, 2.24) is 14.9 Å². The van der Waals surface area contributed by atoms with Crippen LogP contribution in [0.25, 0.3) is 10.9 Å². The van der Waals surface area contributed by atoms with Crippen molar-refractivity contribution in [3.05, 3.63) is 70.7 Å². The molecule has 2 aromatic carbocycles. The summed E-state index contributed by atoms with van der Waals surface area (Å²) in [4.78, 5) is 21.3. The van der Waals surface area contributed by atoms with Gasteiger partial charge in [0.25, 0.3) is 0 Å². The zero-order valence-corrected chi connectivity index (χ0v) is 16.4. The second-order valence-corrected chi connectivity index (χ2v) is 7.45. The van der Waals surface area contributed by atoms with Gasteiger partial charge in [0.15, 0.2) is 11.5 Å². The predicted octanol–water partition coefficient (Wildman–Crippen LogP) is 5.01. The first-order valence-corrected chi connectivity index (χ1v) is 9.34. The zero-order chi connectivity index (χ0) is 20.8. The Balaban J connectivity index is 1.70. The van der Waals surface area contributed by atoms with Crippen LogP contribution in [0.5, 0.6) is 0 Å². The summed E-state index contributed by atoms with van der Waals surface area (Å²) in [6, 6.07) is 7.77. The van der Waals surface area contributed by atoms with Crippen molar-refractivity contribution in [2.75, 3.05) is 18.4 Å². The molecule has 0 saturated carbocycles. The van der Waals surface area contributed by atoms with Gasteiger partial charge in [-0.05, 0) is 35.9 Å². The summed E-state index contributed by atoms with van der Waals surface area (Å²) in [6.45, 7) is 3.27. The summed E-state index contributed by atoms with van der Waals surface area (Å²) in [6.07, 6.45) is 2.47. The quantitative estimate of drug-likeness (QED) is 0.462. The Morgan fingerprint density at radius 3 is 2.72 bits per heavy atom. The molecule has 148 valence electrons. The first-order chi connectivity index (χ1) is 13.8. The SMILES string of the molecule is C=CC(=O)N1CC(F)(c2ccc3ncnc(Nc4ccc(Cl)c(Cl)c4F)c3c2)C1. The third-order valence-electron chi connectivity index (χ3n) is 4.81. The number of amides is 1. The van der Waals surface area contributed by atoms with E-state index in [1.54, 1.807) is 18.2 Å². The molecule has 1 aliphatic heterocycles. The fourth-order valence-corrected chi connectivity index (χ4v) is 3.52. The minimum absolute atomic E-state index is 0.0682. The summed E-state index contributed by atoms with van der Waals surface area (Å²) in [5, 5.41) is 3.25. The van der Waals surface area contributed by atoms with E-state index in [0.29, 0.717) is 16.5 Å². The molecule has 0 atom stereocenters. The van der Waals surface area contributed by atoms with Gasteiger partial charge in [-0.2, -0.15) is 0 Å². The molecule has 1 fully saturated rings. The number of likely N-dealkylation sites (tertiary alicyclic amines) is 1. The first kappa shape index (κ1) is 19.5. The van der Waals surface area contributed by atoms with Crippen molar-refractivity contribution in [2.45, 2.75) is 5.67 Å². The second kappa shape index (κ2) is 7.24. The molecule has 3 aromatic rings. The van der Waals surface area contributed by atoms with E-state index in [9.17, 15) is 9.18 Å². The van der Waals surface area contributed by atoms with Crippen molar-refractivity contribution in [3.63, 3.8) is 0 Å². The second-order valence-electron chi connectivity index (χ2n) is 6.67. The van der Waals surface area contributed by atoms with Crippen LogP contribution in [0, 0.1) is 5.82 Å². The van der Waals surface area contributed by atoms with E-state index in [1.165, 1.54) is 23.4 Å². The van der Waals surface area contributed by atoms with E-state index >= 15 is 4.39 Å². The Morgan fingerprint density at radius 1 is 1.24 bits per heavy atom. The molecule has 0 bridgehead atoms. The Kier molecular flexibility index (Phi) is 4.88. The van der Waals surface area contributed by atoms with Crippen molar-refractivity contribution >= 4 is 51.5 Å². The molecule has 1 aromatic heterocycles. The molecule has 0 aliphatic carbocycles. The van der Waals surface area contributed by atoms with Crippen LogP contribution in [-0.4, -0.2) is 33.9 Å². The highest BCUT2D eigenvalue weighted by atomic mass is 35.5. The summed E-state index contributed by atoms with van der Waals surface area (Å²) in [5.74, 6) is -0.752. The van der Waals surface area contributed by atoms with Crippen molar-refractivity contribution < 1.29 is 13.6 Å². The number of carbonyl (C=O) groups is 1. The minimum Gasteiger partial charge on any atom is -0.337 e. The van der Waals surface area contributed by atoms with E-state index in [1.807, 2.05) is 0 Å². The summed E-state index contributed by atoms with van der Waals surface area (Å²) >= 11 is 11.7. The molecule has 0 unspecified atom stereocenters. The molecule has 29 heavy (non-hydrogen) atoms. The normalized spacial score (nSPS) is 15.1. The monoisotopic (exact) mass is 434 g/mol. The Labute approximate surface area is 175 Å². The van der Waals surface area contributed by atoms with Crippen LogP contribution in [0.3, 0.4) is 0 Å². The number of halogens is 4. The fraction of sp³-hybridized carbons (Fsp3) is 0.150. The first-order valence-electron chi connectivity index (χ1n) is 8.58. The topological polar surface area (TPSA) is 58.1 Å². The maximum atomic E-state index is 15.3. The van der Waals surface area contributed by atoms with Gasteiger partial charge in [0.1, 0.15) is 12.1 Å². The van der Waals surface area contributed by atoms with Gasteiger partial charge in [-0.15, -0.1) is 0 Å². The molecule has 2 heterocycles. The fourth-order valence-electron chi connectivity index (χ4n) is 3.21. The van der Waals surface area contributed by atoms with E-state index in [0.717, 1.165) is 6.08 Å². The number of anilines is 2. The number of benzene rings is 2. The molecule has 0 radical (unpaired) electrons. The number of rotatable bonds is 4. The zero-order valence-electron chi connectivity index (χ0n) is 14.9. The van der Waals surface area contributed by atoms with Gasteiger partial charge in [-0.3, -0.25) is 4.79 Å². The molecule has 5 nitrogen and oxygen atoms in total. The van der Waals surface area contributed by atoms with Gasteiger partial charge in [-0.1, -0.05) is 35.8 Å². The van der Waals surface area contributed by atoms with Crippen molar-refractivity contribution in [2.24, 2.45) is 0 Å². The van der Waals surface area contributed by atoms with Crippen molar-refractivity contribution in [1.29, 1.82) is 0 Å². The van der Waals surface area contributed by atoms with E-state index in [2.05, 4.69) is 21.9 Å². The van der Waals surface area contributed by atoms with Gasteiger partial charge >= 0.3 is 0 Å². The third kappa shape index (κ3) is 3.41. The summed E-state index contributed by atoms with van der Waals surface area (Å²) in [7, 11) is 0. The molecule has 1 aliphatic rings. The van der Waals surface area contributed by atoms with E-state index in [-0.39, 0.29) is 40.5 Å². The highest BCUT2D eigenvalue weighted by molar-refractivity contribution is 6.42. The molecule has 1 amide bonds. The van der Waals surface area contributed by atoms with Crippen LogP contribution < -0.4 is 5.32 Å². The molecular weight excluding hydrogens is 421 g/mol. The standard InChI is InChI=1S/C20H14Cl2F2N4O/c1-2-16(29)28-8-20(24,9-28)11-3-5-14-12(7-11)19(26-10-25-14)27-15-6-4-13(21)17(22)18(15)23/h2-7,10H,1,8-9H2,(H,25,26,27). The lowest BCUT2D eigenvalue weighted by Crippen LogP contribution is -2.58. The maximum absolute atomic E-state index is 15.3. The Bertz CT molecular complexity index is 1150. The number of carbonyl (C=O) groups excluding carboxylic acids is 1. The number of nitrogens with one attached hydrogen (secondary N) is 1. The third-order valence-corrected chi connectivity index (χ3v) is 5.59. The number of hydrogen-bond donors (Lipinski definition) is 1. The number of alkyl halides is 1. The number of aromatic nitrogens is 2. The maximum Gasteiger partial charge on any atom is 0.246 e. The van der Waals surface area contributed by atoms with Crippen LogP contribution in [0.4, 0.5) is 20.3 Å². The number of hydrogen-bond acceptors (Lipinski definition) is 4. The van der Waals surface area contributed by atoms with Crippen molar-refractivity contribution in [3.8, 4) is 0 Å². The largest absolute Gasteiger partial charge is 0.337 e. The van der Waals surface area contributed by atoms with E-state index < -0.39 is 11.5 Å². The van der Waals surface area contributed by atoms with Crippen LogP contribution in [0.1, 0.15) is 5.56 Å². The average molecular weight is 435 g/mol. The van der Waals surface area contributed by atoms with Crippen LogP contribution in [0.15, 0.2) is 49.3 Å². The minimum atomic E-state index is -1.69. The Morgan fingerprint density at radius 2 is 2.00 bits per heavy atom. The highest BCUT2D eigenvalue weighted by Crippen LogP contribution is 2.38. The average Bonchev–Trinajstić information content (AvgIpc) is 2.71. The van der Waals surface area contributed by atoms with Gasteiger partial charge in [0.05, 0.1) is 34.3 Å². The molecule has 4 rings (SSSR count). The Hall–Kier alpha value is -2.77. The predicted molar refractivity (Wildman–Crippen MR) is 109 cm³/mol. The lowest BCUT2D eigenvalue weighted by atomic mass is 9.87. The van der Waals surface area contributed by atoms with Crippen LogP contribution in [-0.2, 0) is 10.5 Å². The summed E-state index contributed by atoms with van der Waals surface area (Å²) in [5.41, 5.74) is -0.681. The molecule has 0 spiro atoms. The lowest BCUT2D eigenvalue weighted by Gasteiger charge is -2.44. The van der Waals surface area contributed by atoms with Gasteiger partial charge in [0, 0.05) is 5.39 Å². The van der Waals surface area contributed by atoms with Crippen LogP contribution in [0.2, 0.25) is 10.0 Å². The van der Waals surface area contributed by atoms with Gasteiger partial charge in [0.2, 0.25) is 5.91 Å². The molecular formula is C20H14Cl2F2N4O.